The molecule has 0 radical (unpaired) electrons. The van der Waals surface area contributed by atoms with Crippen molar-refractivity contribution in [2.45, 2.75) is 13.8 Å². The van der Waals surface area contributed by atoms with E-state index in [4.69, 9.17) is 0 Å². The Balaban J connectivity index is 2.84. The molecule has 0 unspecified atom stereocenters. The quantitative estimate of drug-likeness (QED) is 0.612. The third kappa shape index (κ3) is 1.11. The number of pyridine rings is 1. The Hall–Kier alpha value is -1.71. The zero-order valence-corrected chi connectivity index (χ0v) is 7.48. The van der Waals surface area contributed by atoms with Crippen molar-refractivity contribution in [3.63, 3.8) is 0 Å². The number of hydrogen-bond acceptors (Lipinski definition) is 3. The Labute approximate surface area is 75.2 Å². The summed E-state index contributed by atoms with van der Waals surface area (Å²) in [5, 5.41) is 7.83. The Kier molecular flexibility index (Phi) is 1.62. The van der Waals surface area contributed by atoms with Gasteiger partial charge in [-0.05, 0) is 26.0 Å². The minimum absolute atomic E-state index is 0.0120. The summed E-state index contributed by atoms with van der Waals surface area (Å²) in [5.41, 5.74) is 1.25. The van der Waals surface area contributed by atoms with Crippen LogP contribution in [0.3, 0.4) is 0 Å². The van der Waals surface area contributed by atoms with E-state index in [9.17, 15) is 4.79 Å². The van der Waals surface area contributed by atoms with Crippen LogP contribution >= 0.6 is 0 Å². The smallest absolute Gasteiger partial charge is 0.171 e. The van der Waals surface area contributed by atoms with Crippen molar-refractivity contribution in [1.29, 1.82) is 0 Å². The summed E-state index contributed by atoms with van der Waals surface area (Å²) in [6.45, 7) is 3.38. The van der Waals surface area contributed by atoms with E-state index in [-0.39, 0.29) is 5.78 Å². The first-order valence-electron chi connectivity index (χ1n) is 4.01. The SMILES string of the molecule is CC(=O)c1cccn2c(C)nnc12. The number of hydrogen-bond donors (Lipinski definition) is 0. The third-order valence-electron chi connectivity index (χ3n) is 1.98. The molecular weight excluding hydrogens is 166 g/mol. The van der Waals surface area contributed by atoms with Crippen molar-refractivity contribution < 1.29 is 4.79 Å². The Bertz CT molecular complexity index is 473. The molecule has 2 heterocycles. The van der Waals surface area contributed by atoms with E-state index >= 15 is 0 Å². The van der Waals surface area contributed by atoms with E-state index in [1.165, 1.54) is 6.92 Å². The van der Waals surface area contributed by atoms with E-state index in [1.807, 2.05) is 19.2 Å². The molecule has 0 atom stereocenters. The first-order chi connectivity index (χ1) is 6.20. The molecule has 0 aliphatic carbocycles. The number of ketones is 1. The Morgan fingerprint density at radius 3 is 2.92 bits per heavy atom. The molecular formula is C9H9N3O. The van der Waals surface area contributed by atoms with Crippen LogP contribution in [0, 0.1) is 6.92 Å². The number of rotatable bonds is 1. The number of aromatic nitrogens is 3. The van der Waals surface area contributed by atoms with Crippen LogP contribution in [0.2, 0.25) is 0 Å². The molecule has 4 heteroatoms. The highest BCUT2D eigenvalue weighted by Crippen LogP contribution is 2.09. The van der Waals surface area contributed by atoms with E-state index in [1.54, 1.807) is 10.5 Å². The van der Waals surface area contributed by atoms with Crippen molar-refractivity contribution in [1.82, 2.24) is 14.6 Å². The standard InChI is InChI=1S/C9H9N3O/c1-6(13)8-4-3-5-12-7(2)10-11-9(8)12/h3-5H,1-2H3. The molecule has 0 aromatic carbocycles. The molecule has 0 aliphatic rings. The minimum Gasteiger partial charge on any atom is -0.294 e. The Morgan fingerprint density at radius 2 is 2.23 bits per heavy atom. The number of aryl methyl sites for hydroxylation is 1. The first kappa shape index (κ1) is 7.91. The number of carbonyl (C=O) groups is 1. The summed E-state index contributed by atoms with van der Waals surface area (Å²) in [4.78, 5) is 11.2. The molecule has 2 rings (SSSR count). The predicted molar refractivity (Wildman–Crippen MR) is 47.7 cm³/mol. The van der Waals surface area contributed by atoms with Gasteiger partial charge < -0.3 is 0 Å². The van der Waals surface area contributed by atoms with Crippen molar-refractivity contribution in [2.75, 3.05) is 0 Å². The molecule has 0 aliphatic heterocycles. The summed E-state index contributed by atoms with van der Waals surface area (Å²) < 4.78 is 1.80. The number of nitrogens with zero attached hydrogens (tertiary/aromatic N) is 3. The van der Waals surface area contributed by atoms with Gasteiger partial charge in [-0.2, -0.15) is 0 Å². The topological polar surface area (TPSA) is 47.3 Å². The van der Waals surface area contributed by atoms with Crippen molar-refractivity contribution in [2.24, 2.45) is 0 Å². The molecule has 0 saturated heterocycles. The second-order valence-corrected chi connectivity index (χ2v) is 2.92. The zero-order valence-electron chi connectivity index (χ0n) is 7.48. The van der Waals surface area contributed by atoms with Gasteiger partial charge in [0, 0.05) is 6.20 Å². The van der Waals surface area contributed by atoms with Crippen LogP contribution in [-0.2, 0) is 0 Å². The lowest BCUT2D eigenvalue weighted by molar-refractivity contribution is 0.101. The van der Waals surface area contributed by atoms with Gasteiger partial charge in [-0.3, -0.25) is 9.20 Å². The molecule has 13 heavy (non-hydrogen) atoms. The van der Waals surface area contributed by atoms with Gasteiger partial charge in [0.1, 0.15) is 5.82 Å². The maximum atomic E-state index is 11.2. The van der Waals surface area contributed by atoms with Crippen molar-refractivity contribution >= 4 is 11.4 Å². The van der Waals surface area contributed by atoms with Crippen molar-refractivity contribution in [3.05, 3.63) is 29.7 Å². The number of Topliss-reactive ketones (excluding diaryl/α,β-unsaturated/α-hetero) is 1. The average Bonchev–Trinajstić information content (AvgIpc) is 2.48. The fourth-order valence-electron chi connectivity index (χ4n) is 1.31. The van der Waals surface area contributed by atoms with Crippen LogP contribution in [0.15, 0.2) is 18.3 Å². The molecule has 0 saturated carbocycles. The van der Waals surface area contributed by atoms with Gasteiger partial charge in [-0.15, -0.1) is 10.2 Å². The van der Waals surface area contributed by atoms with Gasteiger partial charge in [0.2, 0.25) is 0 Å². The molecule has 0 fully saturated rings. The minimum atomic E-state index is 0.0120. The third-order valence-corrected chi connectivity index (χ3v) is 1.98. The zero-order chi connectivity index (χ0) is 9.42. The fraction of sp³-hybridized carbons (Fsp3) is 0.222. The normalized spacial score (nSPS) is 10.6. The molecule has 66 valence electrons. The highest BCUT2D eigenvalue weighted by molar-refractivity contribution is 5.99. The molecule has 0 bridgehead atoms. The van der Waals surface area contributed by atoms with E-state index in [0.29, 0.717) is 11.2 Å². The first-order valence-corrected chi connectivity index (χ1v) is 4.01. The van der Waals surface area contributed by atoms with Crippen LogP contribution in [0.1, 0.15) is 23.1 Å². The number of carbonyl (C=O) groups excluding carboxylic acids is 1. The predicted octanol–water partition coefficient (Wildman–Crippen LogP) is 1.24. The van der Waals surface area contributed by atoms with E-state index in [0.717, 1.165) is 5.82 Å². The largest absolute Gasteiger partial charge is 0.294 e. The van der Waals surface area contributed by atoms with Gasteiger partial charge in [0.25, 0.3) is 0 Å². The van der Waals surface area contributed by atoms with Gasteiger partial charge in [-0.25, -0.2) is 0 Å². The summed E-state index contributed by atoms with van der Waals surface area (Å²) in [6, 6.07) is 3.58. The van der Waals surface area contributed by atoms with Gasteiger partial charge in [-0.1, -0.05) is 0 Å². The molecule has 0 spiro atoms. The monoisotopic (exact) mass is 175 g/mol. The molecule has 2 aromatic rings. The highest BCUT2D eigenvalue weighted by atomic mass is 16.1. The average molecular weight is 175 g/mol. The summed E-state index contributed by atoms with van der Waals surface area (Å²) in [6.07, 6.45) is 1.84. The lowest BCUT2D eigenvalue weighted by Gasteiger charge is -1.97. The second-order valence-electron chi connectivity index (χ2n) is 2.92. The molecule has 4 nitrogen and oxygen atoms in total. The van der Waals surface area contributed by atoms with Crippen LogP contribution < -0.4 is 0 Å². The van der Waals surface area contributed by atoms with Crippen LogP contribution in [-0.4, -0.2) is 20.4 Å². The summed E-state index contributed by atoms with van der Waals surface area (Å²) in [7, 11) is 0. The molecule has 2 aromatic heterocycles. The maximum Gasteiger partial charge on any atom is 0.171 e. The van der Waals surface area contributed by atoms with Gasteiger partial charge in [0.05, 0.1) is 5.56 Å². The van der Waals surface area contributed by atoms with Gasteiger partial charge >= 0.3 is 0 Å². The molecule has 0 amide bonds. The fourth-order valence-corrected chi connectivity index (χ4v) is 1.31. The van der Waals surface area contributed by atoms with Gasteiger partial charge in [0.15, 0.2) is 11.4 Å². The highest BCUT2D eigenvalue weighted by Gasteiger charge is 2.08. The second kappa shape index (κ2) is 2.65. The van der Waals surface area contributed by atoms with E-state index < -0.39 is 0 Å². The van der Waals surface area contributed by atoms with Crippen molar-refractivity contribution in [3.8, 4) is 0 Å². The lowest BCUT2D eigenvalue weighted by Crippen LogP contribution is -1.97. The maximum absolute atomic E-state index is 11.2. The van der Waals surface area contributed by atoms with Crippen LogP contribution in [0.4, 0.5) is 0 Å². The summed E-state index contributed by atoms with van der Waals surface area (Å²) in [5.74, 6) is 0.802. The molecule has 0 N–H and O–H groups in total. The Morgan fingerprint density at radius 1 is 1.46 bits per heavy atom. The van der Waals surface area contributed by atoms with E-state index in [2.05, 4.69) is 10.2 Å². The number of fused-ring (bicyclic) bond motifs is 1. The van der Waals surface area contributed by atoms with Crippen LogP contribution in [0.25, 0.3) is 5.65 Å². The lowest BCUT2D eigenvalue weighted by atomic mass is 10.2. The summed E-state index contributed by atoms with van der Waals surface area (Å²) >= 11 is 0. The van der Waals surface area contributed by atoms with Crippen LogP contribution in [0.5, 0.6) is 0 Å².